The average molecular weight is 895 g/mol. The van der Waals surface area contributed by atoms with Gasteiger partial charge in [-0.1, -0.05) is 30.3 Å². The molecule has 1 heterocycles. The second-order valence-corrected chi connectivity index (χ2v) is 12.6. The molecule has 0 saturated heterocycles. The van der Waals surface area contributed by atoms with E-state index in [0.717, 1.165) is 12.3 Å². The quantitative estimate of drug-likeness (QED) is 0.0411. The molecule has 60 heavy (non-hydrogen) atoms. The summed E-state index contributed by atoms with van der Waals surface area (Å²) in [5.41, 5.74) is -11.8. The van der Waals surface area contributed by atoms with Crippen molar-refractivity contribution in [3.8, 4) is 0 Å². The molecule has 6 rings (SSSR count). The summed E-state index contributed by atoms with van der Waals surface area (Å²) in [5, 5.41) is 0. The molecule has 1 aromatic heterocycles. The second kappa shape index (κ2) is 17.1. The van der Waals surface area contributed by atoms with Crippen LogP contribution in [0.15, 0.2) is 54.9 Å². The van der Waals surface area contributed by atoms with Crippen LogP contribution in [0.25, 0.3) is 0 Å². The Hall–Kier alpha value is -5.74. The summed E-state index contributed by atoms with van der Waals surface area (Å²) in [7, 11) is 0. The molecular formula is C37H14BF20NS. The van der Waals surface area contributed by atoms with Crippen molar-refractivity contribution in [3.05, 3.63) is 182 Å². The Kier molecular flexibility index (Phi) is 12.9. The molecule has 0 N–H and O–H groups in total. The molecule has 5 aromatic carbocycles. The van der Waals surface area contributed by atoms with Gasteiger partial charge in [0.25, 0.3) is 0 Å². The molecule has 316 valence electrons. The lowest BCUT2D eigenvalue weighted by Gasteiger charge is -2.44. The second-order valence-electron chi connectivity index (χ2n) is 12.3. The highest BCUT2D eigenvalue weighted by molar-refractivity contribution is 7.79. The minimum Gasteiger partial charge on any atom is -0.207 e. The Morgan fingerprint density at radius 2 is 0.550 bits per heavy atom. The van der Waals surface area contributed by atoms with E-state index in [1.54, 1.807) is 0 Å². The summed E-state index contributed by atoms with van der Waals surface area (Å²) in [6, 6.07) is 14.7. The largest absolute Gasteiger partial charge is 0.207 e. The van der Waals surface area contributed by atoms with Crippen molar-refractivity contribution in [2.45, 2.75) is 12.3 Å². The van der Waals surface area contributed by atoms with Crippen molar-refractivity contribution in [3.63, 3.8) is 0 Å². The van der Waals surface area contributed by atoms with Crippen molar-refractivity contribution in [2.24, 2.45) is 0 Å². The maximum absolute atomic E-state index is 15.4. The van der Waals surface area contributed by atoms with Gasteiger partial charge in [0, 0.05) is 23.4 Å². The third-order valence-corrected chi connectivity index (χ3v) is 9.42. The Balaban J connectivity index is 0.000000379. The van der Waals surface area contributed by atoms with Gasteiger partial charge in [0.15, 0.2) is 88.7 Å². The molecule has 0 fully saturated rings. The van der Waals surface area contributed by atoms with Crippen LogP contribution >= 0.6 is 12.6 Å². The van der Waals surface area contributed by atoms with Gasteiger partial charge in [-0.2, -0.15) is 12.6 Å². The zero-order valence-electron chi connectivity index (χ0n) is 28.6. The van der Waals surface area contributed by atoms with E-state index in [9.17, 15) is 52.7 Å². The third kappa shape index (κ3) is 7.19. The first-order valence-corrected chi connectivity index (χ1v) is 16.6. The number of halogens is 20. The molecule has 1 nitrogen and oxygen atoms in total. The van der Waals surface area contributed by atoms with E-state index in [4.69, 9.17) is 0 Å². The van der Waals surface area contributed by atoms with E-state index in [0.29, 0.717) is 0 Å². The lowest BCUT2D eigenvalue weighted by Crippen LogP contribution is -2.81. The van der Waals surface area contributed by atoms with Gasteiger partial charge in [0.05, 0.1) is 0 Å². The average Bonchev–Trinajstić information content (AvgIpc) is 3.24. The van der Waals surface area contributed by atoms with Crippen LogP contribution in [0.2, 0.25) is 0 Å². The van der Waals surface area contributed by atoms with Gasteiger partial charge in [0.2, 0.25) is 0 Å². The molecule has 0 bridgehead atoms. The highest BCUT2D eigenvalue weighted by Gasteiger charge is 2.52. The number of nitrogens with zero attached hydrogens (tertiary/aromatic N) is 1. The molecule has 0 aliphatic heterocycles. The van der Waals surface area contributed by atoms with Crippen molar-refractivity contribution in [2.75, 3.05) is 0 Å². The number of hydrogen-bond acceptors (Lipinski definition) is 1. The Bertz CT molecular complexity index is 2280. The van der Waals surface area contributed by atoms with Gasteiger partial charge in [-0.05, 0) is 5.56 Å². The lowest BCUT2D eigenvalue weighted by atomic mass is 9.12. The smallest absolute Gasteiger partial charge is 0.200 e. The van der Waals surface area contributed by atoms with Crippen LogP contribution in [0.3, 0.4) is 0 Å². The van der Waals surface area contributed by atoms with Crippen molar-refractivity contribution < 1.29 is 92.4 Å². The summed E-state index contributed by atoms with van der Waals surface area (Å²) in [6.07, 6.45) is -3.03. The fraction of sp³-hybridized carbons (Fsp3) is 0.0541. The highest BCUT2D eigenvalue weighted by Crippen LogP contribution is 2.30. The normalized spacial score (nSPS) is 11.6. The fourth-order valence-electron chi connectivity index (χ4n) is 6.37. The first-order valence-electron chi connectivity index (χ1n) is 15.9. The maximum Gasteiger partial charge on any atom is 0.200 e. The summed E-state index contributed by atoms with van der Waals surface area (Å²) in [4.78, 5) is 0. The SMILES string of the molecule is Fc1c(F)c(F)c([B-](c2c(F)c(F)c(F)c(F)c2F)(c2c(F)c(F)c(F)c(F)c2F)c2c(F)c(F)c(F)c(F)c2F)c(F)c1F.SCc1cc[n+](Cc2ccccc2)cc1. The Morgan fingerprint density at radius 3 is 0.783 bits per heavy atom. The van der Waals surface area contributed by atoms with Crippen LogP contribution in [0.5, 0.6) is 0 Å². The van der Waals surface area contributed by atoms with Crippen LogP contribution in [0.1, 0.15) is 11.1 Å². The van der Waals surface area contributed by atoms with Crippen molar-refractivity contribution in [1.82, 2.24) is 0 Å². The fourth-order valence-corrected chi connectivity index (χ4v) is 6.58. The van der Waals surface area contributed by atoms with Crippen molar-refractivity contribution in [1.29, 1.82) is 0 Å². The summed E-state index contributed by atoms with van der Waals surface area (Å²) in [6.45, 7) is 0.924. The van der Waals surface area contributed by atoms with Gasteiger partial charge in [-0.15, -0.1) is 21.9 Å². The molecule has 0 atom stereocenters. The van der Waals surface area contributed by atoms with E-state index in [1.165, 1.54) is 11.1 Å². The first kappa shape index (κ1) is 45.4. The number of aromatic nitrogens is 1. The van der Waals surface area contributed by atoms with Gasteiger partial charge in [-0.25, -0.2) is 92.4 Å². The summed E-state index contributed by atoms with van der Waals surface area (Å²) >= 11 is 4.23. The predicted octanol–water partition coefficient (Wildman–Crippen LogP) is 8.30. The standard InChI is InChI=1S/C24BF20.C13H13NS/c26-5-1(6(27)14(35)21(42)13(5)34)25(2-7(28)15(36)22(43)16(37)8(2)29,3-9(30)17(38)23(44)18(39)10(3)31)4-11(32)19(40)24(45)20(41)12(4)33;15-11-13-6-8-14(9-7-13)10-12-4-2-1-3-5-12/h;1-9H,10-11H2/q-1;/p+1. The molecule has 0 radical (unpaired) electrons. The topological polar surface area (TPSA) is 3.88 Å². The minimum atomic E-state index is -7.22. The summed E-state index contributed by atoms with van der Waals surface area (Å²) in [5.74, 6) is -70.6. The van der Waals surface area contributed by atoms with Gasteiger partial charge < -0.3 is 0 Å². The zero-order valence-corrected chi connectivity index (χ0v) is 29.5. The van der Waals surface area contributed by atoms with Crippen LogP contribution < -0.4 is 26.4 Å². The summed E-state index contributed by atoms with van der Waals surface area (Å²) < 4.78 is 296. The molecule has 0 aliphatic rings. The molecule has 0 amide bonds. The van der Waals surface area contributed by atoms with Crippen molar-refractivity contribution >= 4 is 40.6 Å². The monoisotopic (exact) mass is 895 g/mol. The number of pyridine rings is 1. The number of benzene rings is 5. The predicted molar refractivity (Wildman–Crippen MR) is 174 cm³/mol. The third-order valence-electron chi connectivity index (χ3n) is 9.06. The van der Waals surface area contributed by atoms with E-state index in [1.807, 2.05) is 6.07 Å². The minimum absolute atomic E-state index is 0.798. The van der Waals surface area contributed by atoms with Crippen LogP contribution in [-0.2, 0) is 12.3 Å². The molecule has 6 aromatic rings. The molecule has 0 saturated carbocycles. The molecule has 0 unspecified atom stereocenters. The number of hydrogen-bond donors (Lipinski definition) is 1. The highest BCUT2D eigenvalue weighted by atomic mass is 32.1. The Labute approximate surface area is 327 Å². The zero-order chi connectivity index (χ0) is 44.9. The van der Waals surface area contributed by atoms with Gasteiger partial charge >= 0.3 is 0 Å². The molecule has 0 aliphatic carbocycles. The van der Waals surface area contributed by atoms with Gasteiger partial charge in [0.1, 0.15) is 52.7 Å². The van der Waals surface area contributed by atoms with E-state index < -0.39 is 144 Å². The lowest BCUT2D eigenvalue weighted by molar-refractivity contribution is -0.688. The number of thiol groups is 1. The van der Waals surface area contributed by atoms with Crippen LogP contribution in [0, 0.1) is 116 Å². The first-order chi connectivity index (χ1) is 28.1. The van der Waals surface area contributed by atoms with E-state index >= 15 is 35.1 Å². The number of rotatable bonds is 7. The molecule has 23 heteroatoms. The van der Waals surface area contributed by atoms with Gasteiger partial charge in [-0.3, -0.25) is 0 Å². The molecular weight excluding hydrogens is 881 g/mol. The van der Waals surface area contributed by atoms with E-state index in [2.05, 4.69) is 66.0 Å². The Morgan fingerprint density at radius 1 is 0.317 bits per heavy atom. The van der Waals surface area contributed by atoms with Crippen LogP contribution in [0.4, 0.5) is 87.8 Å². The maximum atomic E-state index is 15.4. The van der Waals surface area contributed by atoms with E-state index in [-0.39, 0.29) is 0 Å². The molecule has 0 spiro atoms. The van der Waals surface area contributed by atoms with Crippen LogP contribution in [-0.4, -0.2) is 6.15 Å².